The highest BCUT2D eigenvalue weighted by Gasteiger charge is 2.16. The Morgan fingerprint density at radius 3 is 2.80 bits per heavy atom. The lowest BCUT2D eigenvalue weighted by Crippen LogP contribution is -2.38. The van der Waals surface area contributed by atoms with Gasteiger partial charge in [0.2, 0.25) is 0 Å². The van der Waals surface area contributed by atoms with Gasteiger partial charge >= 0.3 is 5.97 Å². The van der Waals surface area contributed by atoms with Gasteiger partial charge in [-0.3, -0.25) is 4.79 Å². The Kier molecular flexibility index (Phi) is 5.06. The average Bonchev–Trinajstić information content (AvgIpc) is 2.25. The summed E-state index contributed by atoms with van der Waals surface area (Å²) < 4.78 is 0. The molecule has 0 bridgehead atoms. The Bertz CT molecular complexity index is 307. The lowest BCUT2D eigenvalue weighted by Gasteiger charge is -2.11. The molecule has 0 fully saturated rings. The summed E-state index contributed by atoms with van der Waals surface area (Å²) >= 11 is 1.33. The van der Waals surface area contributed by atoms with Gasteiger partial charge in [0, 0.05) is 18.1 Å². The van der Waals surface area contributed by atoms with E-state index in [4.69, 9.17) is 5.11 Å². The van der Waals surface area contributed by atoms with Crippen molar-refractivity contribution in [2.45, 2.75) is 18.1 Å². The number of carbonyl (C=O) groups is 1. The number of hydrogen-bond donors (Lipinski definition) is 2. The fraction of sp³-hybridized carbons (Fsp3) is 0.444. The number of nitrogens with zero attached hydrogens (tertiary/aromatic N) is 2. The quantitative estimate of drug-likeness (QED) is 0.548. The summed E-state index contributed by atoms with van der Waals surface area (Å²) in [5, 5.41) is 12.3. The summed E-state index contributed by atoms with van der Waals surface area (Å²) in [7, 11) is 0. The van der Waals surface area contributed by atoms with Crippen LogP contribution in [0.5, 0.6) is 0 Å². The second-order valence-corrected chi connectivity index (χ2v) is 3.78. The number of hydrogen-bond acceptors (Lipinski definition) is 5. The molecule has 1 rings (SSSR count). The summed E-state index contributed by atoms with van der Waals surface area (Å²) in [6.07, 6.45) is 3.27. The molecule has 1 aromatic heterocycles. The topological polar surface area (TPSA) is 75.1 Å². The third-order valence-corrected chi connectivity index (χ3v) is 2.64. The number of carboxylic acid groups (broad SMARTS) is 1. The molecule has 1 aromatic rings. The number of thioether (sulfide) groups is 1. The zero-order chi connectivity index (χ0) is 11.1. The molecular weight excluding hydrogens is 214 g/mol. The largest absolute Gasteiger partial charge is 0.480 e. The van der Waals surface area contributed by atoms with E-state index in [1.54, 1.807) is 18.5 Å². The van der Waals surface area contributed by atoms with Crippen molar-refractivity contribution in [1.29, 1.82) is 0 Å². The highest BCUT2D eigenvalue weighted by Crippen LogP contribution is 2.12. The Balaban J connectivity index is 2.43. The van der Waals surface area contributed by atoms with Gasteiger partial charge in [0.1, 0.15) is 6.04 Å². The second kappa shape index (κ2) is 6.36. The maximum Gasteiger partial charge on any atom is 0.321 e. The predicted molar refractivity (Wildman–Crippen MR) is 57.9 cm³/mol. The zero-order valence-electron chi connectivity index (χ0n) is 8.38. The molecule has 0 aliphatic rings. The van der Waals surface area contributed by atoms with Crippen LogP contribution in [0.15, 0.2) is 23.6 Å². The summed E-state index contributed by atoms with van der Waals surface area (Å²) in [4.78, 5) is 18.8. The van der Waals surface area contributed by atoms with Crippen LogP contribution in [0.3, 0.4) is 0 Å². The molecule has 0 spiro atoms. The molecule has 82 valence electrons. The normalized spacial score (nSPS) is 12.3. The van der Waals surface area contributed by atoms with Crippen molar-refractivity contribution in [3.8, 4) is 0 Å². The van der Waals surface area contributed by atoms with E-state index in [0.29, 0.717) is 17.5 Å². The first kappa shape index (κ1) is 11.9. The van der Waals surface area contributed by atoms with Crippen LogP contribution in [0.4, 0.5) is 0 Å². The number of likely N-dealkylation sites (N-methyl/N-ethyl adjacent to an activating group) is 1. The third kappa shape index (κ3) is 4.26. The number of rotatable bonds is 6. The summed E-state index contributed by atoms with van der Waals surface area (Å²) in [5.74, 6) is -0.423. The Morgan fingerprint density at radius 2 is 2.27 bits per heavy atom. The van der Waals surface area contributed by atoms with E-state index in [1.165, 1.54) is 11.8 Å². The van der Waals surface area contributed by atoms with Gasteiger partial charge in [0.05, 0.1) is 0 Å². The van der Waals surface area contributed by atoms with Gasteiger partial charge in [-0.2, -0.15) is 0 Å². The lowest BCUT2D eigenvalue weighted by atomic mass is 10.3. The van der Waals surface area contributed by atoms with Crippen LogP contribution in [0.25, 0.3) is 0 Å². The minimum Gasteiger partial charge on any atom is -0.480 e. The van der Waals surface area contributed by atoms with Gasteiger partial charge in [-0.25, -0.2) is 9.97 Å². The minimum absolute atomic E-state index is 0.424. The van der Waals surface area contributed by atoms with E-state index in [2.05, 4.69) is 15.3 Å². The summed E-state index contributed by atoms with van der Waals surface area (Å²) in [5.41, 5.74) is 0. The van der Waals surface area contributed by atoms with E-state index in [0.717, 1.165) is 0 Å². The van der Waals surface area contributed by atoms with Crippen LogP contribution >= 0.6 is 11.8 Å². The van der Waals surface area contributed by atoms with Crippen molar-refractivity contribution in [3.63, 3.8) is 0 Å². The number of carboxylic acids is 1. The molecule has 0 aromatic carbocycles. The van der Waals surface area contributed by atoms with Crippen molar-refractivity contribution in [3.05, 3.63) is 18.5 Å². The van der Waals surface area contributed by atoms with E-state index in [1.807, 2.05) is 6.92 Å². The Morgan fingerprint density at radius 1 is 1.60 bits per heavy atom. The first-order chi connectivity index (χ1) is 7.24. The molecule has 1 heterocycles. The molecule has 0 aliphatic carbocycles. The van der Waals surface area contributed by atoms with Gasteiger partial charge in [-0.15, -0.1) is 0 Å². The molecule has 15 heavy (non-hydrogen) atoms. The molecule has 1 atom stereocenters. The molecule has 6 heteroatoms. The van der Waals surface area contributed by atoms with Gasteiger partial charge in [0.15, 0.2) is 5.16 Å². The zero-order valence-corrected chi connectivity index (χ0v) is 9.20. The fourth-order valence-electron chi connectivity index (χ4n) is 0.982. The highest BCUT2D eigenvalue weighted by atomic mass is 32.2. The molecular formula is C9H13N3O2S. The van der Waals surface area contributed by atoms with E-state index >= 15 is 0 Å². The monoisotopic (exact) mass is 227 g/mol. The standard InChI is InChI=1S/C9H13N3O2S/c1-2-10-7(8(13)14)6-15-9-11-4-3-5-12-9/h3-5,7,10H,2,6H2,1H3,(H,13,14). The molecule has 2 N–H and O–H groups in total. The van der Waals surface area contributed by atoms with E-state index in [-0.39, 0.29) is 0 Å². The summed E-state index contributed by atoms with van der Waals surface area (Å²) in [6, 6.07) is 1.17. The highest BCUT2D eigenvalue weighted by molar-refractivity contribution is 7.99. The van der Waals surface area contributed by atoms with Crippen molar-refractivity contribution >= 4 is 17.7 Å². The molecule has 1 unspecified atom stereocenters. The van der Waals surface area contributed by atoms with Crippen LogP contribution < -0.4 is 5.32 Å². The molecule has 0 saturated carbocycles. The molecule has 0 aliphatic heterocycles. The van der Waals surface area contributed by atoms with Crippen LogP contribution in [0.2, 0.25) is 0 Å². The first-order valence-electron chi connectivity index (χ1n) is 4.60. The molecule has 0 radical (unpaired) electrons. The number of nitrogens with one attached hydrogen (secondary N) is 1. The number of aliphatic carboxylic acids is 1. The van der Waals surface area contributed by atoms with Gasteiger partial charge in [-0.1, -0.05) is 18.7 Å². The van der Waals surface area contributed by atoms with Gasteiger partial charge in [-0.05, 0) is 12.6 Å². The van der Waals surface area contributed by atoms with Crippen molar-refractivity contribution in [2.24, 2.45) is 0 Å². The van der Waals surface area contributed by atoms with Crippen molar-refractivity contribution in [1.82, 2.24) is 15.3 Å². The number of aromatic nitrogens is 2. The first-order valence-corrected chi connectivity index (χ1v) is 5.58. The second-order valence-electron chi connectivity index (χ2n) is 2.79. The van der Waals surface area contributed by atoms with Crippen LogP contribution in [0, 0.1) is 0 Å². The van der Waals surface area contributed by atoms with Crippen molar-refractivity contribution < 1.29 is 9.90 Å². The summed E-state index contributed by atoms with van der Waals surface area (Å²) in [6.45, 7) is 2.51. The van der Waals surface area contributed by atoms with Crippen LogP contribution in [-0.2, 0) is 4.79 Å². The Hall–Kier alpha value is -1.14. The SMILES string of the molecule is CCNC(CSc1ncccn1)C(=O)O. The molecule has 0 amide bonds. The maximum absolute atomic E-state index is 10.8. The van der Waals surface area contributed by atoms with E-state index in [9.17, 15) is 4.79 Å². The fourth-order valence-corrected chi connectivity index (χ4v) is 1.83. The predicted octanol–water partition coefficient (Wildman–Crippen LogP) is 0.631. The van der Waals surface area contributed by atoms with Gasteiger partial charge in [0.25, 0.3) is 0 Å². The van der Waals surface area contributed by atoms with Crippen LogP contribution in [-0.4, -0.2) is 39.4 Å². The van der Waals surface area contributed by atoms with E-state index < -0.39 is 12.0 Å². The van der Waals surface area contributed by atoms with Gasteiger partial charge < -0.3 is 10.4 Å². The minimum atomic E-state index is -0.847. The smallest absolute Gasteiger partial charge is 0.321 e. The maximum atomic E-state index is 10.8. The lowest BCUT2D eigenvalue weighted by molar-refractivity contribution is -0.138. The third-order valence-electron chi connectivity index (χ3n) is 1.67. The average molecular weight is 227 g/mol. The molecule has 5 nitrogen and oxygen atoms in total. The van der Waals surface area contributed by atoms with Crippen LogP contribution in [0.1, 0.15) is 6.92 Å². The van der Waals surface area contributed by atoms with Crippen molar-refractivity contribution in [2.75, 3.05) is 12.3 Å². The molecule has 0 saturated heterocycles. The Labute approximate surface area is 92.3 Å².